The average Bonchev–Trinajstić information content (AvgIpc) is 2.39. The van der Waals surface area contributed by atoms with E-state index in [-0.39, 0.29) is 0 Å². The van der Waals surface area contributed by atoms with Crippen LogP contribution in [0.3, 0.4) is 0 Å². The molecule has 0 unspecified atom stereocenters. The fourth-order valence-electron chi connectivity index (χ4n) is 1.45. The Bertz CT molecular complexity index is 353. The Morgan fingerprint density at radius 3 is 2.74 bits per heavy atom. The minimum absolute atomic E-state index is 0.556. The van der Waals surface area contributed by atoms with Crippen molar-refractivity contribution in [1.29, 1.82) is 0 Å². The lowest BCUT2D eigenvalue weighted by molar-refractivity contribution is 0.0705. The van der Waals surface area contributed by atoms with Gasteiger partial charge in [0.25, 0.3) is 5.76 Å². The lowest BCUT2D eigenvalue weighted by atomic mass is 10.3. The maximum Gasteiger partial charge on any atom is 0.288 e. The van der Waals surface area contributed by atoms with Gasteiger partial charge in [0.2, 0.25) is 0 Å². The van der Waals surface area contributed by atoms with Crippen molar-refractivity contribution < 1.29 is 18.3 Å². The number of anilines is 1. The van der Waals surface area contributed by atoms with Gasteiger partial charge in [-0.25, -0.2) is 0 Å². The molecule has 0 radical (unpaired) electrons. The normalized spacial score (nSPS) is 10.9. The largest absolute Gasteiger partial charge is 0.384 e. The summed E-state index contributed by atoms with van der Waals surface area (Å²) < 4.78 is 34.9. The Morgan fingerprint density at radius 1 is 1.21 bits per heavy atom. The van der Waals surface area contributed by atoms with Crippen molar-refractivity contribution in [3.63, 3.8) is 0 Å². The zero-order valence-electron chi connectivity index (χ0n) is 10.9. The van der Waals surface area contributed by atoms with Gasteiger partial charge in [0, 0.05) is 30.8 Å². The minimum Gasteiger partial charge on any atom is -0.384 e. The highest BCUT2D eigenvalue weighted by Gasteiger charge is 2.08. The number of para-hydroxylation sites is 1. The second-order valence-corrected chi connectivity index (χ2v) is 4.79. The molecule has 1 rings (SSSR count). The first-order chi connectivity index (χ1) is 9.24. The van der Waals surface area contributed by atoms with Crippen molar-refractivity contribution in [2.24, 2.45) is 0 Å². The summed E-state index contributed by atoms with van der Waals surface area (Å²) in [6, 6.07) is 7.07. The van der Waals surface area contributed by atoms with E-state index >= 15 is 0 Å². The molecule has 0 aliphatic heterocycles. The quantitative estimate of drug-likeness (QED) is 0.528. The molecule has 0 aliphatic rings. The van der Waals surface area contributed by atoms with Crippen LogP contribution in [0.5, 0.6) is 0 Å². The van der Waals surface area contributed by atoms with E-state index in [4.69, 9.17) is 9.47 Å². The number of methoxy groups -OCH3 is 1. The predicted molar refractivity (Wildman–Crippen MR) is 74.1 cm³/mol. The Labute approximate surface area is 116 Å². The summed E-state index contributed by atoms with van der Waals surface area (Å²) in [4.78, 5) is 0.567. The number of nitrogens with one attached hydrogen (secondary N) is 1. The van der Waals surface area contributed by atoms with Crippen molar-refractivity contribution in [1.82, 2.24) is 0 Å². The molecule has 0 spiro atoms. The third-order valence-electron chi connectivity index (χ3n) is 2.32. The third kappa shape index (κ3) is 7.34. The smallest absolute Gasteiger partial charge is 0.288 e. The molecule has 108 valence electrons. The van der Waals surface area contributed by atoms with Gasteiger partial charge in [-0.15, -0.1) is 0 Å². The summed E-state index contributed by atoms with van der Waals surface area (Å²) >= 11 is 0.556. The van der Waals surface area contributed by atoms with Gasteiger partial charge in [0.05, 0.1) is 13.2 Å². The van der Waals surface area contributed by atoms with Gasteiger partial charge in [0.1, 0.15) is 0 Å². The molecule has 0 heterocycles. The van der Waals surface area contributed by atoms with E-state index < -0.39 is 5.76 Å². The Hall–Kier alpha value is -0.850. The number of alkyl halides is 2. The molecular formula is C13H19F2NO2S. The molecule has 6 heteroatoms. The van der Waals surface area contributed by atoms with Crippen LogP contribution in [0.1, 0.15) is 6.42 Å². The number of benzene rings is 1. The molecule has 0 fully saturated rings. The maximum absolute atomic E-state index is 12.4. The predicted octanol–water partition coefficient (Wildman–Crippen LogP) is 3.47. The van der Waals surface area contributed by atoms with Crippen LogP contribution in [0.25, 0.3) is 0 Å². The second kappa shape index (κ2) is 10.00. The van der Waals surface area contributed by atoms with Gasteiger partial charge >= 0.3 is 0 Å². The fourth-order valence-corrected chi connectivity index (χ4v) is 2.07. The zero-order valence-corrected chi connectivity index (χ0v) is 11.7. The first-order valence-electron chi connectivity index (χ1n) is 6.08. The van der Waals surface area contributed by atoms with Gasteiger partial charge < -0.3 is 14.8 Å². The Kier molecular flexibility index (Phi) is 8.53. The topological polar surface area (TPSA) is 30.5 Å². The summed E-state index contributed by atoms with van der Waals surface area (Å²) in [6.45, 7) is 2.48. The molecule has 3 nitrogen and oxygen atoms in total. The standard InChI is InChI=1S/C13H19F2NO2S/c1-17-9-10-18-8-4-7-16-11-5-2-3-6-12(11)19-13(14)15/h2-3,5-6,13,16H,4,7-10H2,1H3. The van der Waals surface area contributed by atoms with Crippen molar-refractivity contribution in [2.75, 3.05) is 38.8 Å². The van der Waals surface area contributed by atoms with Crippen LogP contribution in [-0.4, -0.2) is 39.2 Å². The molecule has 1 N–H and O–H groups in total. The SMILES string of the molecule is COCCOCCCNc1ccccc1SC(F)F. The molecular weight excluding hydrogens is 272 g/mol. The number of rotatable bonds is 10. The second-order valence-electron chi connectivity index (χ2n) is 3.76. The van der Waals surface area contributed by atoms with Crippen molar-refractivity contribution in [3.8, 4) is 0 Å². The van der Waals surface area contributed by atoms with E-state index in [0.717, 1.165) is 12.1 Å². The highest BCUT2D eigenvalue weighted by Crippen LogP contribution is 2.31. The summed E-state index contributed by atoms with van der Waals surface area (Å²) in [7, 11) is 1.63. The van der Waals surface area contributed by atoms with Gasteiger partial charge in [-0.3, -0.25) is 0 Å². The van der Waals surface area contributed by atoms with Crippen LogP contribution in [-0.2, 0) is 9.47 Å². The number of halogens is 2. The average molecular weight is 291 g/mol. The third-order valence-corrected chi connectivity index (χ3v) is 3.10. The van der Waals surface area contributed by atoms with E-state index in [9.17, 15) is 8.78 Å². The summed E-state index contributed by atoms with van der Waals surface area (Å²) in [5.41, 5.74) is 0.740. The molecule has 0 amide bonds. The number of thioether (sulfide) groups is 1. The lowest BCUT2D eigenvalue weighted by Gasteiger charge is -2.11. The monoisotopic (exact) mass is 291 g/mol. The molecule has 19 heavy (non-hydrogen) atoms. The van der Waals surface area contributed by atoms with Gasteiger partial charge in [-0.2, -0.15) is 8.78 Å². The van der Waals surface area contributed by atoms with Crippen molar-refractivity contribution in [3.05, 3.63) is 24.3 Å². The Morgan fingerprint density at radius 2 is 2.00 bits per heavy atom. The van der Waals surface area contributed by atoms with Gasteiger partial charge in [-0.1, -0.05) is 23.9 Å². The van der Waals surface area contributed by atoms with Crippen LogP contribution >= 0.6 is 11.8 Å². The van der Waals surface area contributed by atoms with Gasteiger partial charge in [0.15, 0.2) is 0 Å². The summed E-state index contributed by atoms with van der Waals surface area (Å²) in [5.74, 6) is -2.40. The van der Waals surface area contributed by atoms with Crippen LogP contribution in [0.2, 0.25) is 0 Å². The van der Waals surface area contributed by atoms with E-state index in [0.29, 0.717) is 43.0 Å². The summed E-state index contributed by atoms with van der Waals surface area (Å²) in [5, 5.41) is 3.14. The van der Waals surface area contributed by atoms with Crippen molar-refractivity contribution >= 4 is 17.4 Å². The van der Waals surface area contributed by atoms with E-state index in [1.165, 1.54) is 0 Å². The van der Waals surface area contributed by atoms with E-state index in [1.807, 2.05) is 6.07 Å². The van der Waals surface area contributed by atoms with E-state index in [1.54, 1.807) is 25.3 Å². The first kappa shape index (κ1) is 16.2. The first-order valence-corrected chi connectivity index (χ1v) is 6.96. The maximum atomic E-state index is 12.4. The molecule has 0 atom stereocenters. The fraction of sp³-hybridized carbons (Fsp3) is 0.538. The Balaban J connectivity index is 2.25. The molecule has 0 aliphatic carbocycles. The number of hydrogen-bond donors (Lipinski definition) is 1. The van der Waals surface area contributed by atoms with Crippen LogP contribution in [0, 0.1) is 0 Å². The molecule has 0 bridgehead atoms. The van der Waals surface area contributed by atoms with E-state index in [2.05, 4.69) is 5.32 Å². The molecule has 0 saturated carbocycles. The molecule has 0 aromatic heterocycles. The summed E-state index contributed by atoms with van der Waals surface area (Å²) in [6.07, 6.45) is 0.817. The molecule has 0 saturated heterocycles. The zero-order chi connectivity index (χ0) is 13.9. The highest BCUT2D eigenvalue weighted by molar-refractivity contribution is 7.99. The van der Waals surface area contributed by atoms with Crippen LogP contribution in [0.4, 0.5) is 14.5 Å². The molecule has 1 aromatic carbocycles. The number of hydrogen-bond acceptors (Lipinski definition) is 4. The van der Waals surface area contributed by atoms with Crippen LogP contribution < -0.4 is 5.32 Å². The molecule has 1 aromatic rings. The highest BCUT2D eigenvalue weighted by atomic mass is 32.2. The number of ether oxygens (including phenoxy) is 2. The van der Waals surface area contributed by atoms with Gasteiger partial charge in [-0.05, 0) is 18.6 Å². The van der Waals surface area contributed by atoms with Crippen LogP contribution in [0.15, 0.2) is 29.2 Å². The minimum atomic E-state index is -2.40. The van der Waals surface area contributed by atoms with Crippen molar-refractivity contribution in [2.45, 2.75) is 17.1 Å². The lowest BCUT2D eigenvalue weighted by Crippen LogP contribution is -2.08.